The molecule has 2 amide bonds. The highest BCUT2D eigenvalue weighted by Crippen LogP contribution is 2.26. The molecule has 0 aliphatic carbocycles. The third-order valence-corrected chi connectivity index (χ3v) is 5.38. The summed E-state index contributed by atoms with van der Waals surface area (Å²) in [6.07, 6.45) is 5.63. The van der Waals surface area contributed by atoms with Crippen LogP contribution in [0.5, 0.6) is 0 Å². The molecule has 1 unspecified atom stereocenters. The van der Waals surface area contributed by atoms with Crippen molar-refractivity contribution in [2.75, 3.05) is 13.1 Å². The molecule has 1 aromatic heterocycles. The molecule has 0 fully saturated rings. The van der Waals surface area contributed by atoms with Crippen molar-refractivity contribution in [3.63, 3.8) is 0 Å². The van der Waals surface area contributed by atoms with Gasteiger partial charge in [0.15, 0.2) is 0 Å². The van der Waals surface area contributed by atoms with E-state index in [0.717, 1.165) is 43.7 Å². The van der Waals surface area contributed by atoms with Gasteiger partial charge in [0.2, 0.25) is 5.91 Å². The highest BCUT2D eigenvalue weighted by atomic mass is 32.1. The highest BCUT2D eigenvalue weighted by Gasteiger charge is 2.22. The molecular weight excluding hydrogens is 370 g/mol. The average molecular weight is 410 g/mol. The summed E-state index contributed by atoms with van der Waals surface area (Å²) < 4.78 is 0. The lowest BCUT2D eigenvalue weighted by molar-refractivity contribution is -0.133. The van der Waals surface area contributed by atoms with E-state index in [0.29, 0.717) is 31.1 Å². The molecule has 0 aliphatic heterocycles. The van der Waals surface area contributed by atoms with E-state index in [4.69, 9.17) is 0 Å². The first-order valence-electron chi connectivity index (χ1n) is 10.7. The van der Waals surface area contributed by atoms with Crippen molar-refractivity contribution < 1.29 is 9.59 Å². The summed E-state index contributed by atoms with van der Waals surface area (Å²) in [7, 11) is 0. The predicted molar refractivity (Wildman–Crippen MR) is 118 cm³/mol. The Balaban J connectivity index is 2.70. The number of unbranched alkanes of at least 4 members (excludes halogenated alkanes) is 2. The minimum Gasteiger partial charge on any atom is -0.351 e. The zero-order valence-electron chi connectivity index (χ0n) is 18.6. The topological polar surface area (TPSA) is 62.3 Å². The van der Waals surface area contributed by atoms with E-state index in [-0.39, 0.29) is 17.2 Å². The van der Waals surface area contributed by atoms with Crippen molar-refractivity contribution >= 4 is 23.2 Å². The third kappa shape index (κ3) is 9.67. The maximum absolute atomic E-state index is 12.9. The van der Waals surface area contributed by atoms with Crippen LogP contribution in [0.4, 0.5) is 0 Å². The Kier molecular flexibility index (Phi) is 10.7. The number of rotatable bonds is 12. The number of carbonyl (C=O) groups excluding carboxylic acids is 2. The van der Waals surface area contributed by atoms with Crippen LogP contribution in [0.25, 0.3) is 0 Å². The SMILES string of the molecule is CCCCNC(=O)c1csc(CN(CCCC)C(=O)CC(C)CC(C)(C)C)n1. The highest BCUT2D eigenvalue weighted by molar-refractivity contribution is 7.09. The molecule has 1 atom stereocenters. The van der Waals surface area contributed by atoms with Crippen LogP contribution < -0.4 is 5.32 Å². The molecule has 28 heavy (non-hydrogen) atoms. The van der Waals surface area contributed by atoms with Gasteiger partial charge >= 0.3 is 0 Å². The molecule has 1 rings (SSSR count). The van der Waals surface area contributed by atoms with Gasteiger partial charge in [0.1, 0.15) is 10.7 Å². The second-order valence-corrected chi connectivity index (χ2v) is 9.92. The van der Waals surface area contributed by atoms with Gasteiger partial charge in [-0.1, -0.05) is 54.4 Å². The van der Waals surface area contributed by atoms with E-state index in [9.17, 15) is 9.59 Å². The lowest BCUT2D eigenvalue weighted by Gasteiger charge is -2.26. The summed E-state index contributed by atoms with van der Waals surface area (Å²) >= 11 is 1.46. The van der Waals surface area contributed by atoms with E-state index in [1.54, 1.807) is 5.38 Å². The molecule has 0 saturated carbocycles. The van der Waals surface area contributed by atoms with Crippen LogP contribution in [0, 0.1) is 11.3 Å². The Labute approximate surface area is 175 Å². The van der Waals surface area contributed by atoms with Gasteiger partial charge in [0.25, 0.3) is 5.91 Å². The van der Waals surface area contributed by atoms with E-state index in [1.165, 1.54) is 11.3 Å². The fraction of sp³-hybridized carbons (Fsp3) is 0.773. The Bertz CT molecular complexity index is 607. The second kappa shape index (κ2) is 12.2. The maximum Gasteiger partial charge on any atom is 0.270 e. The molecule has 0 aliphatic rings. The molecule has 0 bridgehead atoms. The van der Waals surface area contributed by atoms with Crippen molar-refractivity contribution in [2.24, 2.45) is 11.3 Å². The Morgan fingerprint density at radius 1 is 1.21 bits per heavy atom. The zero-order chi connectivity index (χ0) is 21.2. The number of amides is 2. The van der Waals surface area contributed by atoms with Crippen molar-refractivity contribution in [2.45, 2.75) is 86.6 Å². The van der Waals surface area contributed by atoms with Gasteiger partial charge < -0.3 is 10.2 Å². The summed E-state index contributed by atoms with van der Waals surface area (Å²) in [4.78, 5) is 31.4. The van der Waals surface area contributed by atoms with E-state index >= 15 is 0 Å². The van der Waals surface area contributed by atoms with Crippen LogP contribution in [-0.4, -0.2) is 34.8 Å². The quantitative estimate of drug-likeness (QED) is 0.479. The molecule has 1 aromatic rings. The number of thiazole rings is 1. The van der Waals surface area contributed by atoms with Gasteiger partial charge in [-0.25, -0.2) is 4.98 Å². The van der Waals surface area contributed by atoms with Gasteiger partial charge in [-0.15, -0.1) is 11.3 Å². The summed E-state index contributed by atoms with van der Waals surface area (Å²) in [6.45, 7) is 14.9. The molecule has 0 radical (unpaired) electrons. The smallest absolute Gasteiger partial charge is 0.270 e. The number of aromatic nitrogens is 1. The van der Waals surface area contributed by atoms with Gasteiger partial charge in [-0.3, -0.25) is 9.59 Å². The Morgan fingerprint density at radius 2 is 1.89 bits per heavy atom. The standard InChI is InChI=1S/C22H39N3O2S/c1-7-9-11-23-21(27)18-16-28-19(24-18)15-25(12-10-8-2)20(26)13-17(3)14-22(4,5)6/h16-17H,7-15H2,1-6H3,(H,23,27). The predicted octanol–water partition coefficient (Wildman–Crippen LogP) is 5.26. The largest absolute Gasteiger partial charge is 0.351 e. The normalized spacial score (nSPS) is 12.6. The van der Waals surface area contributed by atoms with Gasteiger partial charge in [0.05, 0.1) is 6.54 Å². The number of hydrogen-bond donors (Lipinski definition) is 1. The van der Waals surface area contributed by atoms with Crippen molar-refractivity contribution in [3.8, 4) is 0 Å². The third-order valence-electron chi connectivity index (χ3n) is 4.54. The molecule has 5 nitrogen and oxygen atoms in total. The van der Waals surface area contributed by atoms with Gasteiger partial charge in [0, 0.05) is 24.9 Å². The molecule has 0 spiro atoms. The maximum atomic E-state index is 12.9. The first-order chi connectivity index (χ1) is 13.2. The second-order valence-electron chi connectivity index (χ2n) is 8.98. The summed E-state index contributed by atoms with van der Waals surface area (Å²) in [5, 5.41) is 5.52. The van der Waals surface area contributed by atoms with Crippen LogP contribution in [0.3, 0.4) is 0 Å². The van der Waals surface area contributed by atoms with Crippen molar-refractivity contribution in [1.29, 1.82) is 0 Å². The monoisotopic (exact) mass is 409 g/mol. The molecular formula is C22H39N3O2S. The van der Waals surface area contributed by atoms with Crippen LogP contribution in [0.15, 0.2) is 5.38 Å². The lowest BCUT2D eigenvalue weighted by atomic mass is 9.84. The van der Waals surface area contributed by atoms with Crippen molar-refractivity contribution in [3.05, 3.63) is 16.1 Å². The lowest BCUT2D eigenvalue weighted by Crippen LogP contribution is -2.33. The van der Waals surface area contributed by atoms with Crippen LogP contribution in [0.2, 0.25) is 0 Å². The number of nitrogens with one attached hydrogen (secondary N) is 1. The van der Waals surface area contributed by atoms with E-state index in [1.807, 2.05) is 4.90 Å². The van der Waals surface area contributed by atoms with E-state index in [2.05, 4.69) is 51.8 Å². The zero-order valence-corrected chi connectivity index (χ0v) is 19.5. The minimum absolute atomic E-state index is 0.124. The molecule has 6 heteroatoms. The Hall–Kier alpha value is -1.43. The van der Waals surface area contributed by atoms with Crippen molar-refractivity contribution in [1.82, 2.24) is 15.2 Å². The molecule has 1 heterocycles. The first kappa shape index (κ1) is 24.6. The molecule has 0 saturated heterocycles. The average Bonchev–Trinajstić information content (AvgIpc) is 3.05. The van der Waals surface area contributed by atoms with Gasteiger partial charge in [-0.2, -0.15) is 0 Å². The number of carbonyl (C=O) groups is 2. The summed E-state index contributed by atoms with van der Waals surface area (Å²) in [6, 6.07) is 0. The number of nitrogens with zero attached hydrogens (tertiary/aromatic N) is 2. The fourth-order valence-electron chi connectivity index (χ4n) is 3.31. The first-order valence-corrected chi connectivity index (χ1v) is 11.5. The number of hydrogen-bond acceptors (Lipinski definition) is 4. The summed E-state index contributed by atoms with van der Waals surface area (Å²) in [5.41, 5.74) is 0.684. The van der Waals surface area contributed by atoms with Crippen LogP contribution >= 0.6 is 11.3 Å². The Morgan fingerprint density at radius 3 is 2.50 bits per heavy atom. The molecule has 160 valence electrons. The van der Waals surface area contributed by atoms with Gasteiger partial charge in [-0.05, 0) is 30.6 Å². The molecule has 1 N–H and O–H groups in total. The van der Waals surface area contributed by atoms with Crippen LogP contribution in [-0.2, 0) is 11.3 Å². The summed E-state index contributed by atoms with van der Waals surface area (Å²) in [5.74, 6) is 0.420. The van der Waals surface area contributed by atoms with E-state index < -0.39 is 0 Å². The fourth-order valence-corrected chi connectivity index (χ4v) is 4.09. The minimum atomic E-state index is -0.124. The molecule has 0 aromatic carbocycles. The van der Waals surface area contributed by atoms with Crippen LogP contribution in [0.1, 0.15) is 95.6 Å².